The molecule has 2 aromatic rings. The number of likely N-dealkylation sites (N-methyl/N-ethyl adjacent to an activating group) is 1. The molecule has 0 bridgehead atoms. The van der Waals surface area contributed by atoms with Crippen LogP contribution in [0.3, 0.4) is 0 Å². The molecule has 0 saturated carbocycles. The number of nitrogens with zero attached hydrogens (tertiary/aromatic N) is 4. The average Bonchev–Trinajstić information content (AvgIpc) is 1.35. The van der Waals surface area contributed by atoms with Crippen molar-refractivity contribution in [3.63, 3.8) is 0 Å². The van der Waals surface area contributed by atoms with Crippen LogP contribution in [0.15, 0.2) is 23.6 Å². The number of piperidine rings is 1. The maximum absolute atomic E-state index is 14.9. The number of thiazole rings is 1. The summed E-state index contributed by atoms with van der Waals surface area (Å²) in [6, 6.07) is 1.99. The van der Waals surface area contributed by atoms with E-state index in [1.807, 2.05) is 52.6 Å². The maximum atomic E-state index is 14.9. The van der Waals surface area contributed by atoms with Crippen molar-refractivity contribution < 1.29 is 72.1 Å². The summed E-state index contributed by atoms with van der Waals surface area (Å²) in [6.07, 6.45) is 5.35. The summed E-state index contributed by atoms with van der Waals surface area (Å²) in [4.78, 5) is 155. The molecule has 3 heterocycles. The lowest BCUT2D eigenvalue weighted by Crippen LogP contribution is -2.58. The largest absolute Gasteiger partial charge is 0.481 e. The van der Waals surface area contributed by atoms with Gasteiger partial charge in [0.25, 0.3) is 5.91 Å². The summed E-state index contributed by atoms with van der Waals surface area (Å²) < 4.78 is 16.1. The second-order valence-corrected chi connectivity index (χ2v) is 26.1. The van der Waals surface area contributed by atoms with Gasteiger partial charge in [-0.05, 0) is 114 Å². The number of hydrogen-bond donors (Lipinski definition) is 8. The summed E-state index contributed by atoms with van der Waals surface area (Å²) in [5, 5.41) is 31.1. The van der Waals surface area contributed by atoms with Gasteiger partial charge in [0.15, 0.2) is 6.10 Å². The SMILES string of the molecule is CCCN(C(=O)[C@@H](NC(=O)C1CCCCN1C)C(C)CC)[C@H](C[C@@H](OC(=O)NC)c1nc(C(=O)N[C@@H](Cc2ccc(C)c(NC(=O)CCCNC(=O)C(CCCCNC(=O)COCCOC)NC(=O)CCN3C(=O)CC(SC)C3=O)c2)CC(C)C(=O)O)cs1)C(C)C. The number of amides is 10. The number of aryl methyl sites for hydroxylation is 1. The number of imide groups is 1. The number of likely N-dealkylation sites (tertiary alicyclic amines) is 2. The number of methoxy groups -OCH3 is 1. The Balaban J connectivity index is 1.43. The number of nitrogens with one attached hydrogen (secondary N) is 7. The summed E-state index contributed by atoms with van der Waals surface area (Å²) in [5.41, 5.74) is 1.87. The van der Waals surface area contributed by atoms with Gasteiger partial charge in [0, 0.05) is 89.2 Å². The zero-order valence-corrected chi connectivity index (χ0v) is 57.2. The molecular weight excluding hydrogens is 1230 g/mol. The predicted octanol–water partition coefficient (Wildman–Crippen LogP) is 5.12. The van der Waals surface area contributed by atoms with E-state index >= 15 is 0 Å². The normalized spacial score (nSPS) is 17.3. The molecular formula is C64H101N11O15S2. The van der Waals surface area contributed by atoms with Gasteiger partial charge in [0.05, 0.1) is 30.4 Å². The number of anilines is 1. The number of rotatable bonds is 41. The Labute approximate surface area is 550 Å². The third kappa shape index (κ3) is 25.3. The van der Waals surface area contributed by atoms with E-state index < -0.39 is 71.2 Å². The fraction of sp³-hybridized carbons (Fsp3) is 0.688. The highest BCUT2D eigenvalue weighted by molar-refractivity contribution is 8.00. The fourth-order valence-corrected chi connectivity index (χ4v) is 12.5. The highest BCUT2D eigenvalue weighted by Gasteiger charge is 2.40. The van der Waals surface area contributed by atoms with Crippen LogP contribution in [0.2, 0.25) is 0 Å². The number of aliphatic carboxylic acids is 1. The zero-order chi connectivity index (χ0) is 68.0. The Kier molecular flexibility index (Phi) is 34.1. The van der Waals surface area contributed by atoms with Crippen LogP contribution in [-0.2, 0) is 63.8 Å². The van der Waals surface area contributed by atoms with Gasteiger partial charge in [-0.3, -0.25) is 57.7 Å². The summed E-state index contributed by atoms with van der Waals surface area (Å²) in [7, 11) is 4.87. The molecule has 2 fully saturated rings. The van der Waals surface area contributed by atoms with Gasteiger partial charge < -0.3 is 61.4 Å². The Bertz CT molecular complexity index is 2790. The Morgan fingerprint density at radius 2 is 1.64 bits per heavy atom. The number of unbranched alkanes of at least 4 members (excludes halogenated alkanes) is 1. The van der Waals surface area contributed by atoms with Crippen molar-refractivity contribution in [1.82, 2.24) is 51.6 Å². The zero-order valence-electron chi connectivity index (χ0n) is 55.6. The van der Waals surface area contributed by atoms with E-state index in [9.17, 15) is 57.8 Å². The maximum Gasteiger partial charge on any atom is 0.407 e. The molecule has 2 saturated heterocycles. The molecule has 1 aromatic carbocycles. The third-order valence-corrected chi connectivity index (χ3v) is 18.5. The molecule has 514 valence electrons. The minimum Gasteiger partial charge on any atom is -0.481 e. The van der Waals surface area contributed by atoms with Crippen LogP contribution < -0.4 is 37.2 Å². The topological polar surface area (TPSA) is 343 Å². The lowest BCUT2D eigenvalue weighted by Gasteiger charge is -2.40. The molecule has 92 heavy (non-hydrogen) atoms. The van der Waals surface area contributed by atoms with E-state index in [4.69, 9.17) is 14.2 Å². The number of ether oxygens (including phenoxy) is 3. The number of carbonyl (C=O) groups is 11. The molecule has 8 N–H and O–H groups in total. The smallest absolute Gasteiger partial charge is 0.407 e. The van der Waals surface area contributed by atoms with Crippen molar-refractivity contribution in [2.45, 2.75) is 186 Å². The van der Waals surface area contributed by atoms with Crippen LogP contribution in [-0.4, -0.2) is 205 Å². The lowest BCUT2D eigenvalue weighted by atomic mass is 9.92. The van der Waals surface area contributed by atoms with E-state index in [0.29, 0.717) is 68.1 Å². The van der Waals surface area contributed by atoms with Crippen molar-refractivity contribution in [3.8, 4) is 0 Å². The minimum atomic E-state index is -1.07. The van der Waals surface area contributed by atoms with Gasteiger partial charge in [-0.15, -0.1) is 11.3 Å². The molecule has 10 amide bonds. The second-order valence-electron chi connectivity index (χ2n) is 24.2. The summed E-state index contributed by atoms with van der Waals surface area (Å²) in [5.74, 6) is -5.73. The average molecular weight is 1330 g/mol. The highest BCUT2D eigenvalue weighted by Crippen LogP contribution is 2.33. The predicted molar refractivity (Wildman–Crippen MR) is 350 cm³/mol. The molecule has 28 heteroatoms. The van der Waals surface area contributed by atoms with Gasteiger partial charge in [-0.25, -0.2) is 9.78 Å². The Morgan fingerprint density at radius 1 is 0.902 bits per heavy atom. The molecule has 9 atom stereocenters. The summed E-state index contributed by atoms with van der Waals surface area (Å²) >= 11 is 2.37. The Morgan fingerprint density at radius 3 is 2.29 bits per heavy atom. The van der Waals surface area contributed by atoms with Crippen molar-refractivity contribution in [3.05, 3.63) is 45.4 Å². The number of hydrogen-bond acceptors (Lipinski definition) is 18. The standard InChI is InChI=1S/C64H101N11O15S2/c1-12-27-74(62(84)56(40(5)13-2)72-59(82)48-20-15-17-28-73(48)9)49(39(3)4)35-50(90-64(87)65-8)60-71-47(38-92-60)58(81)68-44(32-42(7)63(85)86)33-43-23-22-41(6)46(34-43)70-52(76)21-18-26-67-57(80)45(19-14-16-25-66-54(78)37-89-31-30-88-10)69-53(77)24-29-75-55(79)36-51(91-11)61(75)83/h22-23,34,38-40,42,44-45,48-51,56H,12-21,24-33,35-37H2,1-11H3,(H,65,87)(H,66,78)(H,67,80)(H,68,81)(H,69,77)(H,70,76)(H,72,82)(H,85,86)/t40?,42?,44-,45?,48?,49-,50-,51?,56+/m1/s1. The molecule has 26 nitrogen and oxygen atoms in total. The van der Waals surface area contributed by atoms with Gasteiger partial charge in [0.1, 0.15) is 29.4 Å². The number of alkyl carbamates (subject to hydrolysis) is 1. The molecule has 0 spiro atoms. The monoisotopic (exact) mass is 1330 g/mol. The Hall–Kier alpha value is -6.75. The molecule has 2 aliphatic rings. The van der Waals surface area contributed by atoms with Crippen molar-refractivity contribution in [2.24, 2.45) is 17.8 Å². The number of benzene rings is 1. The van der Waals surface area contributed by atoms with Gasteiger partial charge >= 0.3 is 12.1 Å². The number of carboxylic acid groups (broad SMARTS) is 1. The molecule has 0 radical (unpaired) electrons. The molecule has 2 aliphatic heterocycles. The first kappa shape index (κ1) is 77.7. The first-order chi connectivity index (χ1) is 43.8. The number of carboxylic acids is 1. The van der Waals surface area contributed by atoms with Gasteiger partial charge in [-0.2, -0.15) is 11.8 Å². The van der Waals surface area contributed by atoms with Crippen LogP contribution in [0, 0.1) is 24.7 Å². The number of thioether (sulfide) groups is 1. The lowest BCUT2D eigenvalue weighted by molar-refractivity contribution is -0.143. The van der Waals surface area contributed by atoms with E-state index in [-0.39, 0.29) is 137 Å². The van der Waals surface area contributed by atoms with Crippen molar-refractivity contribution in [2.75, 3.05) is 85.3 Å². The quantitative estimate of drug-likeness (QED) is 0.0316. The van der Waals surface area contributed by atoms with Crippen LogP contribution >= 0.6 is 23.1 Å². The van der Waals surface area contributed by atoms with E-state index in [1.54, 1.807) is 30.2 Å². The second kappa shape index (κ2) is 40.4. The fourth-order valence-electron chi connectivity index (χ4n) is 11.0. The molecule has 0 aliphatic carbocycles. The minimum absolute atomic E-state index is 0.000121. The van der Waals surface area contributed by atoms with E-state index in [2.05, 4.69) is 42.2 Å². The van der Waals surface area contributed by atoms with E-state index in [1.165, 1.54) is 38.2 Å². The van der Waals surface area contributed by atoms with Crippen molar-refractivity contribution >= 4 is 94.0 Å². The number of carbonyl (C=O) groups excluding carboxylic acids is 10. The number of aromatic nitrogens is 1. The van der Waals surface area contributed by atoms with Crippen LogP contribution in [0.25, 0.3) is 0 Å². The van der Waals surface area contributed by atoms with Crippen LogP contribution in [0.1, 0.15) is 164 Å². The summed E-state index contributed by atoms with van der Waals surface area (Å²) in [6.45, 7) is 15.1. The van der Waals surface area contributed by atoms with Crippen LogP contribution in [0.5, 0.6) is 0 Å². The first-order valence-corrected chi connectivity index (χ1v) is 34.4. The third-order valence-electron chi connectivity index (χ3n) is 16.6. The van der Waals surface area contributed by atoms with Crippen LogP contribution in [0.4, 0.5) is 10.5 Å². The molecule has 1 aromatic heterocycles. The molecule has 5 unspecified atom stereocenters. The van der Waals surface area contributed by atoms with Crippen molar-refractivity contribution in [1.29, 1.82) is 0 Å². The van der Waals surface area contributed by atoms with Gasteiger partial charge in [-0.1, -0.05) is 66.5 Å². The first-order valence-electron chi connectivity index (χ1n) is 32.2. The van der Waals surface area contributed by atoms with Gasteiger partial charge in [0.2, 0.25) is 47.3 Å². The molecule has 4 rings (SSSR count). The highest BCUT2D eigenvalue weighted by atomic mass is 32.2. The van der Waals surface area contributed by atoms with E-state index in [0.717, 1.165) is 41.2 Å².